The third-order valence-corrected chi connectivity index (χ3v) is 10.0. The fraction of sp³-hybridized carbons (Fsp3) is 0.625. The molecule has 0 spiro atoms. The average molecular weight is 859 g/mol. The molecule has 6 heteroatoms. The summed E-state index contributed by atoms with van der Waals surface area (Å²) in [4.78, 5) is 37.5. The number of hydrogen-bond donors (Lipinski definition) is 0. The van der Waals surface area contributed by atoms with E-state index in [1.54, 1.807) is 0 Å². The minimum atomic E-state index is -0.795. The molecule has 0 rings (SSSR count). The van der Waals surface area contributed by atoms with Crippen molar-refractivity contribution in [3.63, 3.8) is 0 Å². The molecule has 0 aliphatic heterocycles. The van der Waals surface area contributed by atoms with Crippen molar-refractivity contribution in [3.8, 4) is 0 Å². The number of esters is 3. The molecule has 0 heterocycles. The van der Waals surface area contributed by atoms with Crippen LogP contribution in [0.1, 0.15) is 207 Å². The van der Waals surface area contributed by atoms with E-state index in [0.29, 0.717) is 19.3 Å². The summed E-state index contributed by atoms with van der Waals surface area (Å²) in [6.45, 7) is 6.37. The minimum Gasteiger partial charge on any atom is -0.462 e. The Bertz CT molecular complexity index is 1310. The second-order valence-electron chi connectivity index (χ2n) is 16.0. The summed E-state index contributed by atoms with van der Waals surface area (Å²) >= 11 is 0. The molecule has 350 valence electrons. The fourth-order valence-corrected chi connectivity index (χ4v) is 6.32. The summed E-state index contributed by atoms with van der Waals surface area (Å²) < 4.78 is 16.6. The van der Waals surface area contributed by atoms with Gasteiger partial charge in [0.15, 0.2) is 6.10 Å². The van der Waals surface area contributed by atoms with Gasteiger partial charge >= 0.3 is 17.9 Å². The average Bonchev–Trinajstić information content (AvgIpc) is 3.27. The highest BCUT2D eigenvalue weighted by Gasteiger charge is 2.19. The van der Waals surface area contributed by atoms with E-state index < -0.39 is 6.10 Å². The van der Waals surface area contributed by atoms with E-state index in [9.17, 15) is 14.4 Å². The van der Waals surface area contributed by atoms with Crippen molar-refractivity contribution in [2.24, 2.45) is 0 Å². The maximum Gasteiger partial charge on any atom is 0.306 e. The molecule has 0 aromatic rings. The van der Waals surface area contributed by atoms with Gasteiger partial charge < -0.3 is 14.2 Å². The van der Waals surface area contributed by atoms with Gasteiger partial charge in [-0.1, -0.05) is 214 Å². The van der Waals surface area contributed by atoms with Gasteiger partial charge in [-0.3, -0.25) is 14.4 Å². The van der Waals surface area contributed by atoms with Crippen LogP contribution in [0.5, 0.6) is 0 Å². The first kappa shape index (κ1) is 58.1. The van der Waals surface area contributed by atoms with Crippen molar-refractivity contribution in [1.82, 2.24) is 0 Å². The van der Waals surface area contributed by atoms with Crippen LogP contribution in [-0.2, 0) is 28.6 Å². The third-order valence-electron chi connectivity index (χ3n) is 10.0. The van der Waals surface area contributed by atoms with E-state index in [-0.39, 0.29) is 37.5 Å². The number of unbranched alkanes of at least 4 members (excludes halogenated alkanes) is 14. The van der Waals surface area contributed by atoms with Gasteiger partial charge in [0, 0.05) is 19.3 Å². The molecule has 0 aliphatic rings. The first-order valence-electron chi connectivity index (χ1n) is 24.9. The standard InChI is InChI=1S/C56H90O6/c1-4-7-10-13-16-18-19-20-21-22-23-24-25-26-27-28-29-30-31-32-33-34-35-36-37-38-41-43-46-49-55(58)61-52-53(51-60-54(57)48-45-42-39-15-12-9-6-3)62-56(59)50-47-44-40-17-14-11-8-5-2/h7,10,16,18,20-21,23-24,26-27,29-30,32-33,35-36,38,41,53H,4-6,8-9,11-15,17,19,22,25,28,31,34,37,39-40,42-52H2,1-3H3/b10-7-,18-16-,21-20-,24-23-,27-26-,30-29-,33-32-,36-35-,41-38-. The predicted octanol–water partition coefficient (Wildman–Crippen LogP) is 16.4. The molecule has 0 bridgehead atoms. The van der Waals surface area contributed by atoms with Crippen LogP contribution in [0.25, 0.3) is 0 Å². The number of allylic oxidation sites excluding steroid dienone is 18. The lowest BCUT2D eigenvalue weighted by atomic mass is 10.1. The quantitative estimate of drug-likeness (QED) is 0.0263. The lowest BCUT2D eigenvalue weighted by Crippen LogP contribution is -2.30. The second-order valence-corrected chi connectivity index (χ2v) is 16.0. The lowest BCUT2D eigenvalue weighted by molar-refractivity contribution is -0.167. The van der Waals surface area contributed by atoms with E-state index in [0.717, 1.165) is 103 Å². The summed E-state index contributed by atoms with van der Waals surface area (Å²) in [5.74, 6) is -0.979. The van der Waals surface area contributed by atoms with Crippen LogP contribution in [0.3, 0.4) is 0 Å². The van der Waals surface area contributed by atoms with Crippen LogP contribution in [0.4, 0.5) is 0 Å². The fourth-order valence-electron chi connectivity index (χ4n) is 6.32. The predicted molar refractivity (Wildman–Crippen MR) is 265 cm³/mol. The normalized spacial score (nSPS) is 13.0. The Balaban J connectivity index is 4.24. The molecular weight excluding hydrogens is 769 g/mol. The molecule has 62 heavy (non-hydrogen) atoms. The molecule has 0 aromatic carbocycles. The molecule has 1 unspecified atom stereocenters. The smallest absolute Gasteiger partial charge is 0.306 e. The third kappa shape index (κ3) is 47.1. The zero-order valence-corrected chi connectivity index (χ0v) is 39.8. The van der Waals surface area contributed by atoms with Gasteiger partial charge in [0.05, 0.1) is 0 Å². The Labute approximate surface area is 380 Å². The Kier molecular flexibility index (Phi) is 46.6. The van der Waals surface area contributed by atoms with Crippen molar-refractivity contribution < 1.29 is 28.6 Å². The van der Waals surface area contributed by atoms with Crippen LogP contribution in [0, 0.1) is 0 Å². The Morgan fingerprint density at radius 3 is 0.984 bits per heavy atom. The van der Waals surface area contributed by atoms with Gasteiger partial charge in [0.25, 0.3) is 0 Å². The number of carbonyl (C=O) groups is 3. The van der Waals surface area contributed by atoms with E-state index in [1.165, 1.54) is 57.8 Å². The Hall–Kier alpha value is -3.93. The van der Waals surface area contributed by atoms with E-state index in [2.05, 4.69) is 130 Å². The molecule has 0 saturated carbocycles. The molecule has 1 atom stereocenters. The second kappa shape index (κ2) is 49.7. The number of ether oxygens (including phenoxy) is 3. The topological polar surface area (TPSA) is 78.9 Å². The van der Waals surface area contributed by atoms with Crippen molar-refractivity contribution in [2.75, 3.05) is 13.2 Å². The SMILES string of the molecule is CC/C=C\C/C=C\C/C=C\C/C=C\C/C=C\C/C=C\C/C=C\C/C=C\C/C=C\CCCC(=O)OCC(COC(=O)CCCCCCCCC)OC(=O)CCCCCCCCCC. The van der Waals surface area contributed by atoms with Gasteiger partial charge in [-0.15, -0.1) is 0 Å². The van der Waals surface area contributed by atoms with Gasteiger partial charge in [0.1, 0.15) is 13.2 Å². The summed E-state index contributed by atoms with van der Waals surface area (Å²) in [5.41, 5.74) is 0. The Morgan fingerprint density at radius 2 is 0.629 bits per heavy atom. The van der Waals surface area contributed by atoms with E-state index >= 15 is 0 Å². The van der Waals surface area contributed by atoms with Crippen LogP contribution < -0.4 is 0 Å². The molecule has 0 amide bonds. The van der Waals surface area contributed by atoms with Crippen molar-refractivity contribution >= 4 is 17.9 Å². The lowest BCUT2D eigenvalue weighted by Gasteiger charge is -2.18. The maximum absolute atomic E-state index is 12.6. The largest absolute Gasteiger partial charge is 0.462 e. The van der Waals surface area contributed by atoms with Crippen molar-refractivity contribution in [1.29, 1.82) is 0 Å². The monoisotopic (exact) mass is 859 g/mol. The summed E-state index contributed by atoms with van der Waals surface area (Å²) in [7, 11) is 0. The summed E-state index contributed by atoms with van der Waals surface area (Å²) in [6, 6.07) is 0. The van der Waals surface area contributed by atoms with Gasteiger partial charge in [0.2, 0.25) is 0 Å². The molecule has 0 aromatic heterocycles. The van der Waals surface area contributed by atoms with Crippen molar-refractivity contribution in [3.05, 3.63) is 109 Å². The number of rotatable bonds is 43. The Morgan fingerprint density at radius 1 is 0.339 bits per heavy atom. The molecule has 0 saturated heterocycles. The van der Waals surface area contributed by atoms with Crippen LogP contribution in [0.2, 0.25) is 0 Å². The number of carbonyl (C=O) groups excluding carboxylic acids is 3. The highest BCUT2D eigenvalue weighted by molar-refractivity contribution is 5.71. The first-order chi connectivity index (χ1) is 30.5. The molecule has 6 nitrogen and oxygen atoms in total. The maximum atomic E-state index is 12.6. The molecule has 0 fully saturated rings. The first-order valence-corrected chi connectivity index (χ1v) is 24.9. The minimum absolute atomic E-state index is 0.0959. The summed E-state index contributed by atoms with van der Waals surface area (Å²) in [5, 5.41) is 0. The van der Waals surface area contributed by atoms with E-state index in [1.807, 2.05) is 0 Å². The van der Waals surface area contributed by atoms with Crippen LogP contribution in [0.15, 0.2) is 109 Å². The molecule has 0 radical (unpaired) electrons. The zero-order chi connectivity index (χ0) is 45.1. The van der Waals surface area contributed by atoms with Gasteiger partial charge in [-0.05, 0) is 83.5 Å². The molecule has 0 aliphatic carbocycles. The highest BCUT2D eigenvalue weighted by atomic mass is 16.6. The van der Waals surface area contributed by atoms with E-state index in [4.69, 9.17) is 14.2 Å². The molecular formula is C56H90O6. The molecule has 0 N–H and O–H groups in total. The van der Waals surface area contributed by atoms with Crippen LogP contribution >= 0.6 is 0 Å². The zero-order valence-electron chi connectivity index (χ0n) is 39.8. The van der Waals surface area contributed by atoms with Gasteiger partial charge in [-0.2, -0.15) is 0 Å². The highest BCUT2D eigenvalue weighted by Crippen LogP contribution is 2.12. The van der Waals surface area contributed by atoms with Gasteiger partial charge in [-0.25, -0.2) is 0 Å². The van der Waals surface area contributed by atoms with Crippen LogP contribution in [-0.4, -0.2) is 37.2 Å². The summed E-state index contributed by atoms with van der Waals surface area (Å²) in [6.07, 6.45) is 66.9. The number of hydrogen-bond acceptors (Lipinski definition) is 6. The van der Waals surface area contributed by atoms with Crippen molar-refractivity contribution in [2.45, 2.75) is 213 Å².